The van der Waals surface area contributed by atoms with Crippen molar-refractivity contribution in [1.82, 2.24) is 9.03 Å². The molecular formula is C9H18N2O6S. The number of aliphatic hydroxyl groups is 1. The Labute approximate surface area is 106 Å². The summed E-state index contributed by atoms with van der Waals surface area (Å²) in [5, 5.41) is 9.08. The van der Waals surface area contributed by atoms with Crippen LogP contribution in [-0.4, -0.2) is 62.4 Å². The average Bonchev–Trinajstić information content (AvgIpc) is 2.26. The van der Waals surface area contributed by atoms with E-state index in [1.807, 2.05) is 0 Å². The van der Waals surface area contributed by atoms with Crippen LogP contribution in [0.3, 0.4) is 0 Å². The van der Waals surface area contributed by atoms with Gasteiger partial charge in [0.25, 0.3) is 0 Å². The third-order valence-corrected chi connectivity index (χ3v) is 3.77. The molecule has 106 valence electrons. The third-order valence-electron chi connectivity index (χ3n) is 2.39. The van der Waals surface area contributed by atoms with E-state index in [0.717, 1.165) is 11.4 Å². The molecule has 0 aromatic heterocycles. The highest BCUT2D eigenvalue weighted by atomic mass is 32.2. The van der Waals surface area contributed by atoms with E-state index in [-0.39, 0.29) is 19.7 Å². The van der Waals surface area contributed by atoms with Crippen LogP contribution in [-0.2, 0) is 19.7 Å². The Bertz CT molecular complexity index is 407. The van der Waals surface area contributed by atoms with Crippen LogP contribution in [0, 0.1) is 0 Å². The number of morpholine rings is 1. The lowest BCUT2D eigenvalue weighted by Crippen LogP contribution is -2.58. The van der Waals surface area contributed by atoms with Gasteiger partial charge >= 0.3 is 16.3 Å². The summed E-state index contributed by atoms with van der Waals surface area (Å²) >= 11 is 0. The molecule has 1 fully saturated rings. The summed E-state index contributed by atoms with van der Waals surface area (Å²) in [5.74, 6) is 0. The normalized spacial score (nSPS) is 24.6. The van der Waals surface area contributed by atoms with Gasteiger partial charge in [-0.1, -0.05) is 0 Å². The first-order chi connectivity index (χ1) is 8.20. The van der Waals surface area contributed by atoms with E-state index in [4.69, 9.17) is 9.84 Å². The summed E-state index contributed by atoms with van der Waals surface area (Å²) in [7, 11) is -2.92. The quantitative estimate of drug-likeness (QED) is 0.692. The fourth-order valence-electron chi connectivity index (χ4n) is 1.73. The van der Waals surface area contributed by atoms with Gasteiger partial charge in [-0.15, -0.1) is 0 Å². The fraction of sp³-hybridized carbons (Fsp3) is 0.889. The minimum Gasteiger partial charge on any atom is -0.452 e. The number of nitrogens with one attached hydrogen (secondary N) is 1. The lowest BCUT2D eigenvalue weighted by atomic mass is 10.1. The number of rotatable bonds is 3. The summed E-state index contributed by atoms with van der Waals surface area (Å²) in [5.41, 5.74) is -0.740. The predicted octanol–water partition coefficient (Wildman–Crippen LogP) is -0.941. The molecule has 1 amide bonds. The van der Waals surface area contributed by atoms with Crippen molar-refractivity contribution in [3.63, 3.8) is 0 Å². The van der Waals surface area contributed by atoms with Gasteiger partial charge in [-0.05, 0) is 13.8 Å². The van der Waals surface area contributed by atoms with Crippen molar-refractivity contribution in [1.29, 1.82) is 0 Å². The standard InChI is InChI=1S/C9H18N2O6S/c1-9(2)6-11(4-7(5-12)17-9)18(14,15)10-8(13)16-3/h7,12H,4-6H2,1-3H3,(H,10,13). The lowest BCUT2D eigenvalue weighted by molar-refractivity contribution is -0.131. The molecule has 0 bridgehead atoms. The zero-order chi connectivity index (χ0) is 14.0. The van der Waals surface area contributed by atoms with Crippen LogP contribution < -0.4 is 4.72 Å². The molecule has 1 heterocycles. The summed E-state index contributed by atoms with van der Waals surface area (Å²) in [4.78, 5) is 11.0. The van der Waals surface area contributed by atoms with Gasteiger partial charge in [0.1, 0.15) is 0 Å². The molecule has 1 saturated heterocycles. The van der Waals surface area contributed by atoms with Crippen LogP contribution in [0.25, 0.3) is 0 Å². The number of amides is 1. The third kappa shape index (κ3) is 3.80. The molecule has 9 heteroatoms. The first-order valence-electron chi connectivity index (χ1n) is 5.35. The summed E-state index contributed by atoms with van der Waals surface area (Å²) in [6, 6.07) is 0. The number of nitrogens with zero attached hydrogens (tertiary/aromatic N) is 1. The second-order valence-corrected chi connectivity index (χ2v) is 6.24. The first kappa shape index (κ1) is 15.2. The molecule has 0 aromatic rings. The molecule has 1 rings (SSSR count). The highest BCUT2D eigenvalue weighted by Crippen LogP contribution is 2.22. The number of ether oxygens (including phenoxy) is 2. The maximum atomic E-state index is 11.9. The lowest BCUT2D eigenvalue weighted by Gasteiger charge is -2.41. The number of carbonyl (C=O) groups excluding carboxylic acids is 1. The molecule has 1 unspecified atom stereocenters. The summed E-state index contributed by atoms with van der Waals surface area (Å²) in [6.45, 7) is 3.17. The highest BCUT2D eigenvalue weighted by molar-refractivity contribution is 7.87. The molecule has 1 atom stereocenters. The molecule has 18 heavy (non-hydrogen) atoms. The van der Waals surface area contributed by atoms with E-state index in [1.54, 1.807) is 18.6 Å². The molecule has 8 nitrogen and oxygen atoms in total. The van der Waals surface area contributed by atoms with Crippen molar-refractivity contribution >= 4 is 16.3 Å². The van der Waals surface area contributed by atoms with Crippen molar-refractivity contribution in [2.24, 2.45) is 0 Å². The van der Waals surface area contributed by atoms with Gasteiger partial charge in [-0.25, -0.2) is 9.52 Å². The Morgan fingerprint density at radius 3 is 2.72 bits per heavy atom. The Morgan fingerprint density at radius 1 is 1.61 bits per heavy atom. The van der Waals surface area contributed by atoms with E-state index >= 15 is 0 Å². The predicted molar refractivity (Wildman–Crippen MR) is 62.1 cm³/mol. The largest absolute Gasteiger partial charge is 0.452 e. The number of aliphatic hydroxyl groups excluding tert-OH is 1. The van der Waals surface area contributed by atoms with Crippen LogP contribution in [0.15, 0.2) is 0 Å². The van der Waals surface area contributed by atoms with Crippen molar-refractivity contribution < 1.29 is 27.8 Å². The zero-order valence-electron chi connectivity index (χ0n) is 10.5. The van der Waals surface area contributed by atoms with E-state index in [0.29, 0.717) is 0 Å². The van der Waals surface area contributed by atoms with Gasteiger partial charge in [0.05, 0.1) is 25.4 Å². The van der Waals surface area contributed by atoms with E-state index in [2.05, 4.69) is 4.74 Å². The number of hydrogen-bond donors (Lipinski definition) is 2. The number of carbonyl (C=O) groups is 1. The molecule has 2 N–H and O–H groups in total. The molecule has 1 aliphatic rings. The monoisotopic (exact) mass is 282 g/mol. The second-order valence-electron chi connectivity index (χ2n) is 4.57. The smallest absolute Gasteiger partial charge is 0.421 e. The van der Waals surface area contributed by atoms with Crippen LogP contribution in [0.5, 0.6) is 0 Å². The molecule has 0 spiro atoms. The van der Waals surface area contributed by atoms with E-state index in [9.17, 15) is 13.2 Å². The number of hydrogen-bond acceptors (Lipinski definition) is 6. The number of methoxy groups -OCH3 is 1. The van der Waals surface area contributed by atoms with Crippen molar-refractivity contribution in [2.75, 3.05) is 26.8 Å². The topological polar surface area (TPSA) is 105 Å². The average molecular weight is 282 g/mol. The Morgan fingerprint density at radius 2 is 2.22 bits per heavy atom. The van der Waals surface area contributed by atoms with Gasteiger partial charge in [0.15, 0.2) is 0 Å². The van der Waals surface area contributed by atoms with Crippen molar-refractivity contribution in [2.45, 2.75) is 25.6 Å². The summed E-state index contributed by atoms with van der Waals surface area (Å²) in [6.07, 6.45) is -1.68. The molecule has 0 aromatic carbocycles. The van der Waals surface area contributed by atoms with E-state index < -0.39 is 28.0 Å². The minimum atomic E-state index is -3.99. The first-order valence-corrected chi connectivity index (χ1v) is 6.79. The molecule has 0 aliphatic carbocycles. The van der Waals surface area contributed by atoms with E-state index in [1.165, 1.54) is 0 Å². The van der Waals surface area contributed by atoms with Gasteiger partial charge < -0.3 is 14.6 Å². The Hall–Kier alpha value is -0.900. The second kappa shape index (κ2) is 5.39. The molecule has 0 saturated carbocycles. The zero-order valence-corrected chi connectivity index (χ0v) is 11.4. The molecule has 1 aliphatic heterocycles. The fourth-order valence-corrected chi connectivity index (χ4v) is 3.00. The maximum absolute atomic E-state index is 11.9. The van der Waals surface area contributed by atoms with Gasteiger partial charge in [0.2, 0.25) is 0 Å². The Balaban J connectivity index is 2.84. The van der Waals surface area contributed by atoms with Crippen LogP contribution in [0.4, 0.5) is 4.79 Å². The van der Waals surface area contributed by atoms with Gasteiger partial charge in [0, 0.05) is 13.1 Å². The highest BCUT2D eigenvalue weighted by Gasteiger charge is 2.39. The SMILES string of the molecule is COC(=O)NS(=O)(=O)N1CC(CO)OC(C)(C)C1. The molecular weight excluding hydrogens is 264 g/mol. The van der Waals surface area contributed by atoms with Gasteiger partial charge in [-0.3, -0.25) is 0 Å². The summed E-state index contributed by atoms with van der Waals surface area (Å²) < 4.78 is 36.3. The van der Waals surface area contributed by atoms with Crippen LogP contribution >= 0.6 is 0 Å². The van der Waals surface area contributed by atoms with Crippen LogP contribution in [0.2, 0.25) is 0 Å². The molecule has 0 radical (unpaired) electrons. The van der Waals surface area contributed by atoms with Crippen molar-refractivity contribution in [3.8, 4) is 0 Å². The Kier molecular flexibility index (Phi) is 4.54. The maximum Gasteiger partial charge on any atom is 0.421 e. The van der Waals surface area contributed by atoms with Gasteiger partial charge in [-0.2, -0.15) is 12.7 Å². The minimum absolute atomic E-state index is 0.0216. The van der Waals surface area contributed by atoms with Crippen molar-refractivity contribution in [3.05, 3.63) is 0 Å². The van der Waals surface area contributed by atoms with Crippen LogP contribution in [0.1, 0.15) is 13.8 Å².